The van der Waals surface area contributed by atoms with Crippen LogP contribution in [-0.2, 0) is 4.79 Å². The Balaban J connectivity index is 1.74. The Labute approximate surface area is 123 Å². The third-order valence-electron chi connectivity index (χ3n) is 3.61. The molecule has 0 radical (unpaired) electrons. The lowest BCUT2D eigenvalue weighted by atomic mass is 10.1. The van der Waals surface area contributed by atoms with Crippen LogP contribution in [0.25, 0.3) is 21.9 Å². The average molecular weight is 282 g/mol. The fraction of sp³-hybridized carbons (Fsp3) is 0.278. The number of hydrogen-bond donors (Lipinski definition) is 0. The van der Waals surface area contributed by atoms with Crippen LogP contribution in [0.1, 0.15) is 26.2 Å². The Kier molecular flexibility index (Phi) is 3.91. The Morgan fingerprint density at radius 1 is 1.10 bits per heavy atom. The quantitative estimate of drug-likeness (QED) is 0.614. The molecule has 0 aliphatic rings. The van der Waals surface area contributed by atoms with Crippen molar-refractivity contribution in [2.75, 3.05) is 6.61 Å². The van der Waals surface area contributed by atoms with Gasteiger partial charge in [-0.3, -0.25) is 4.79 Å². The Bertz CT molecular complexity index is 770. The maximum atomic E-state index is 11.2. The molecular weight excluding hydrogens is 264 g/mol. The number of Topliss-reactive ketones (excluding diaryl/α,β-unsaturated/α-hetero) is 1. The van der Waals surface area contributed by atoms with E-state index in [1.807, 2.05) is 49.4 Å². The molecule has 3 nitrogen and oxygen atoms in total. The van der Waals surface area contributed by atoms with Gasteiger partial charge < -0.3 is 9.15 Å². The van der Waals surface area contributed by atoms with E-state index in [4.69, 9.17) is 9.15 Å². The summed E-state index contributed by atoms with van der Waals surface area (Å²) < 4.78 is 11.5. The molecule has 0 saturated carbocycles. The summed E-state index contributed by atoms with van der Waals surface area (Å²) in [5, 5.41) is 2.16. The highest BCUT2D eigenvalue weighted by molar-refractivity contribution is 6.05. The first kappa shape index (κ1) is 13.7. The van der Waals surface area contributed by atoms with Crippen molar-refractivity contribution in [1.82, 2.24) is 0 Å². The van der Waals surface area contributed by atoms with Crippen molar-refractivity contribution in [3.63, 3.8) is 0 Å². The number of para-hydroxylation sites is 1. The molecule has 0 saturated heterocycles. The third kappa shape index (κ3) is 2.92. The maximum absolute atomic E-state index is 11.2. The van der Waals surface area contributed by atoms with Crippen molar-refractivity contribution >= 4 is 27.7 Å². The van der Waals surface area contributed by atoms with Gasteiger partial charge in [-0.15, -0.1) is 0 Å². The number of carbonyl (C=O) groups is 1. The molecule has 108 valence electrons. The number of furan rings is 1. The van der Waals surface area contributed by atoms with Gasteiger partial charge in [-0.1, -0.05) is 25.1 Å². The van der Waals surface area contributed by atoms with E-state index in [9.17, 15) is 4.79 Å². The second-order valence-electron chi connectivity index (χ2n) is 5.10. The number of ether oxygens (including phenoxy) is 1. The summed E-state index contributed by atoms with van der Waals surface area (Å²) >= 11 is 0. The number of fused-ring (bicyclic) bond motifs is 3. The predicted octanol–water partition coefficient (Wildman–Crippen LogP) is 4.72. The average Bonchev–Trinajstić information content (AvgIpc) is 2.89. The van der Waals surface area contributed by atoms with Crippen molar-refractivity contribution in [2.24, 2.45) is 0 Å². The minimum Gasteiger partial charge on any atom is -0.494 e. The van der Waals surface area contributed by atoms with Gasteiger partial charge in [-0.05, 0) is 30.7 Å². The molecule has 0 spiro atoms. The minimum absolute atomic E-state index is 0.287. The topological polar surface area (TPSA) is 39.4 Å². The van der Waals surface area contributed by atoms with E-state index in [0.29, 0.717) is 19.4 Å². The Morgan fingerprint density at radius 3 is 2.76 bits per heavy atom. The molecular formula is C18H18O3. The van der Waals surface area contributed by atoms with Crippen molar-refractivity contribution in [3.8, 4) is 5.75 Å². The molecule has 2 aromatic carbocycles. The van der Waals surface area contributed by atoms with E-state index in [2.05, 4.69) is 0 Å². The lowest BCUT2D eigenvalue weighted by Gasteiger charge is -2.05. The van der Waals surface area contributed by atoms with Gasteiger partial charge in [0, 0.05) is 23.6 Å². The van der Waals surface area contributed by atoms with E-state index in [0.717, 1.165) is 34.1 Å². The molecule has 0 bridgehead atoms. The van der Waals surface area contributed by atoms with E-state index in [-0.39, 0.29) is 5.78 Å². The molecule has 1 aromatic heterocycles. The van der Waals surface area contributed by atoms with Crippen molar-refractivity contribution in [2.45, 2.75) is 26.2 Å². The van der Waals surface area contributed by atoms with Crippen LogP contribution in [-0.4, -0.2) is 12.4 Å². The first-order chi connectivity index (χ1) is 10.3. The van der Waals surface area contributed by atoms with Gasteiger partial charge in [-0.25, -0.2) is 0 Å². The normalized spacial score (nSPS) is 11.1. The van der Waals surface area contributed by atoms with E-state index >= 15 is 0 Å². The second kappa shape index (κ2) is 6.00. The van der Waals surface area contributed by atoms with Gasteiger partial charge in [0.25, 0.3) is 0 Å². The van der Waals surface area contributed by atoms with Crippen LogP contribution in [0, 0.1) is 0 Å². The van der Waals surface area contributed by atoms with Crippen molar-refractivity contribution in [3.05, 3.63) is 42.5 Å². The molecule has 3 heteroatoms. The number of carbonyl (C=O) groups excluding carboxylic acids is 1. The van der Waals surface area contributed by atoms with Gasteiger partial charge in [0.1, 0.15) is 22.7 Å². The molecule has 3 aromatic rings. The zero-order valence-corrected chi connectivity index (χ0v) is 12.1. The summed E-state index contributed by atoms with van der Waals surface area (Å²) in [6.45, 7) is 2.45. The van der Waals surface area contributed by atoms with Crippen LogP contribution in [0.3, 0.4) is 0 Å². The smallest absolute Gasteiger partial charge is 0.135 e. The molecule has 1 heterocycles. The fourth-order valence-electron chi connectivity index (χ4n) is 2.43. The summed E-state index contributed by atoms with van der Waals surface area (Å²) in [5.41, 5.74) is 1.75. The first-order valence-corrected chi connectivity index (χ1v) is 7.33. The lowest BCUT2D eigenvalue weighted by Crippen LogP contribution is -2.02. The number of ketones is 1. The maximum Gasteiger partial charge on any atom is 0.135 e. The summed E-state index contributed by atoms with van der Waals surface area (Å²) in [4.78, 5) is 11.2. The molecule has 3 rings (SSSR count). The van der Waals surface area contributed by atoms with Crippen LogP contribution in [0.4, 0.5) is 0 Å². The molecule has 0 fully saturated rings. The Hall–Kier alpha value is -2.29. The summed E-state index contributed by atoms with van der Waals surface area (Å²) in [7, 11) is 0. The fourth-order valence-corrected chi connectivity index (χ4v) is 2.43. The minimum atomic E-state index is 0.287. The monoisotopic (exact) mass is 282 g/mol. The molecule has 0 amide bonds. The predicted molar refractivity (Wildman–Crippen MR) is 83.7 cm³/mol. The van der Waals surface area contributed by atoms with Crippen LogP contribution in [0.2, 0.25) is 0 Å². The number of hydrogen-bond acceptors (Lipinski definition) is 3. The second-order valence-corrected chi connectivity index (χ2v) is 5.10. The number of rotatable bonds is 6. The van der Waals surface area contributed by atoms with Gasteiger partial charge in [0.2, 0.25) is 0 Å². The van der Waals surface area contributed by atoms with Crippen LogP contribution < -0.4 is 4.74 Å². The highest BCUT2D eigenvalue weighted by Crippen LogP contribution is 2.31. The summed E-state index contributed by atoms with van der Waals surface area (Å²) in [6, 6.07) is 13.8. The molecule has 0 aliphatic carbocycles. The van der Waals surface area contributed by atoms with Gasteiger partial charge in [0.15, 0.2) is 0 Å². The SMILES string of the molecule is CCC(=O)CCCOc1ccc2oc3ccccc3c2c1. The third-order valence-corrected chi connectivity index (χ3v) is 3.61. The zero-order chi connectivity index (χ0) is 14.7. The molecule has 0 N–H and O–H groups in total. The largest absolute Gasteiger partial charge is 0.494 e. The van der Waals surface area contributed by atoms with E-state index < -0.39 is 0 Å². The van der Waals surface area contributed by atoms with E-state index in [1.165, 1.54) is 0 Å². The van der Waals surface area contributed by atoms with Crippen molar-refractivity contribution < 1.29 is 13.9 Å². The zero-order valence-electron chi connectivity index (χ0n) is 12.1. The lowest BCUT2D eigenvalue weighted by molar-refractivity contribution is -0.118. The Morgan fingerprint density at radius 2 is 1.90 bits per heavy atom. The van der Waals surface area contributed by atoms with Crippen LogP contribution in [0.5, 0.6) is 5.75 Å². The standard InChI is InChI=1S/C18H18O3/c1-2-13(19)6-5-11-20-14-9-10-18-16(12-14)15-7-3-4-8-17(15)21-18/h3-4,7-10,12H,2,5-6,11H2,1H3. The summed E-state index contributed by atoms with van der Waals surface area (Å²) in [5.74, 6) is 1.10. The van der Waals surface area contributed by atoms with Gasteiger partial charge in [-0.2, -0.15) is 0 Å². The van der Waals surface area contributed by atoms with Gasteiger partial charge >= 0.3 is 0 Å². The number of benzene rings is 2. The molecule has 0 aliphatic heterocycles. The summed E-state index contributed by atoms with van der Waals surface area (Å²) in [6.07, 6.45) is 1.96. The highest BCUT2D eigenvalue weighted by Gasteiger charge is 2.07. The van der Waals surface area contributed by atoms with Crippen molar-refractivity contribution in [1.29, 1.82) is 0 Å². The van der Waals surface area contributed by atoms with Crippen LogP contribution >= 0.6 is 0 Å². The first-order valence-electron chi connectivity index (χ1n) is 7.33. The van der Waals surface area contributed by atoms with Gasteiger partial charge in [0.05, 0.1) is 6.61 Å². The molecule has 0 unspecified atom stereocenters. The van der Waals surface area contributed by atoms with Crippen LogP contribution in [0.15, 0.2) is 46.9 Å². The highest BCUT2D eigenvalue weighted by atomic mass is 16.5. The van der Waals surface area contributed by atoms with E-state index in [1.54, 1.807) is 0 Å². The molecule has 21 heavy (non-hydrogen) atoms. The molecule has 0 atom stereocenters.